The molecule has 0 aliphatic carbocycles. The number of likely N-dealkylation sites (tertiary alicyclic amines) is 1. The average Bonchev–Trinajstić information content (AvgIpc) is 3.79. The number of halogens is 3. The van der Waals surface area contributed by atoms with Gasteiger partial charge in [-0.2, -0.15) is 5.10 Å². The highest BCUT2D eigenvalue weighted by atomic mass is 35.5. The molecule has 6 rings (SSSR count). The van der Waals surface area contributed by atoms with Gasteiger partial charge in [-0.15, -0.1) is 0 Å². The SMILES string of the molecule is COCCn1cc(-c2ccc(-c3cnc(C(=O)Nc4ccc(C(=O)N5CCN(C(=O)C6CC[N+](C)(C)C6)CC5)c(Cl)c4)n3C)c(F)c2F)c(N)n1. The number of carbonyl (C=O) groups excluding carboxylic acids is 3. The highest BCUT2D eigenvalue weighted by molar-refractivity contribution is 6.34. The van der Waals surface area contributed by atoms with E-state index in [0.29, 0.717) is 45.0 Å². The molecular formula is C35H41ClF2N9O4+. The predicted octanol–water partition coefficient (Wildman–Crippen LogP) is 3.74. The number of aromatic nitrogens is 4. The van der Waals surface area contributed by atoms with Crippen LogP contribution in [-0.2, 0) is 23.1 Å². The molecule has 270 valence electrons. The summed E-state index contributed by atoms with van der Waals surface area (Å²) in [6, 6.07) is 7.34. The van der Waals surface area contributed by atoms with Crippen LogP contribution < -0.4 is 11.1 Å². The van der Waals surface area contributed by atoms with E-state index in [2.05, 4.69) is 29.5 Å². The Morgan fingerprint density at radius 2 is 1.73 bits per heavy atom. The minimum absolute atomic E-state index is 0.0156. The molecule has 3 N–H and O–H groups in total. The van der Waals surface area contributed by atoms with Crippen molar-refractivity contribution < 1.29 is 32.4 Å². The fourth-order valence-corrected chi connectivity index (χ4v) is 7.03. The van der Waals surface area contributed by atoms with Gasteiger partial charge in [0.15, 0.2) is 23.3 Å². The Balaban J connectivity index is 1.10. The molecule has 2 aliphatic heterocycles. The lowest BCUT2D eigenvalue weighted by molar-refractivity contribution is -0.878. The predicted molar refractivity (Wildman–Crippen MR) is 188 cm³/mol. The summed E-state index contributed by atoms with van der Waals surface area (Å²) in [6.07, 6.45) is 3.67. The topological polar surface area (TPSA) is 141 Å². The van der Waals surface area contributed by atoms with Crippen LogP contribution in [0.25, 0.3) is 22.4 Å². The molecule has 4 heterocycles. The highest BCUT2D eigenvalue weighted by Gasteiger charge is 2.38. The molecule has 4 aromatic rings. The number of nitrogens with one attached hydrogen (secondary N) is 1. The van der Waals surface area contributed by atoms with Crippen LogP contribution in [-0.4, -0.2) is 118 Å². The summed E-state index contributed by atoms with van der Waals surface area (Å²) < 4.78 is 39.6. The minimum Gasteiger partial charge on any atom is -0.383 e. The van der Waals surface area contributed by atoms with Gasteiger partial charge in [-0.1, -0.05) is 17.7 Å². The van der Waals surface area contributed by atoms with Crippen molar-refractivity contribution in [3.8, 4) is 22.4 Å². The summed E-state index contributed by atoms with van der Waals surface area (Å²) in [4.78, 5) is 47.3. The third-order valence-electron chi connectivity index (χ3n) is 9.64. The van der Waals surface area contributed by atoms with Gasteiger partial charge in [0, 0.05) is 75.3 Å². The fourth-order valence-electron chi connectivity index (χ4n) is 6.77. The molecule has 0 spiro atoms. The van der Waals surface area contributed by atoms with Crippen LogP contribution in [0.4, 0.5) is 20.3 Å². The summed E-state index contributed by atoms with van der Waals surface area (Å²) in [5, 5.41) is 6.98. The van der Waals surface area contributed by atoms with Crippen molar-refractivity contribution in [2.75, 3.05) is 78.1 Å². The van der Waals surface area contributed by atoms with Crippen molar-refractivity contribution >= 4 is 40.8 Å². The molecule has 13 nitrogen and oxygen atoms in total. The Bertz CT molecular complexity index is 1990. The summed E-state index contributed by atoms with van der Waals surface area (Å²) in [6.45, 7) is 4.27. The lowest BCUT2D eigenvalue weighted by Crippen LogP contribution is -2.52. The smallest absolute Gasteiger partial charge is 0.291 e. The van der Waals surface area contributed by atoms with Crippen molar-refractivity contribution in [2.45, 2.75) is 13.0 Å². The lowest BCUT2D eigenvalue weighted by atomic mass is 10.0. The normalized spacial score (nSPS) is 17.2. The Morgan fingerprint density at radius 1 is 1.04 bits per heavy atom. The molecular weight excluding hydrogens is 684 g/mol. The molecule has 2 saturated heterocycles. The van der Waals surface area contributed by atoms with E-state index < -0.39 is 17.5 Å². The van der Waals surface area contributed by atoms with E-state index in [-0.39, 0.29) is 62.3 Å². The van der Waals surface area contributed by atoms with Gasteiger partial charge in [-0.3, -0.25) is 19.1 Å². The Hall–Kier alpha value is -4.86. The molecule has 16 heteroatoms. The van der Waals surface area contributed by atoms with Gasteiger partial charge in [0.25, 0.3) is 11.8 Å². The number of benzene rings is 2. The van der Waals surface area contributed by atoms with Crippen LogP contribution in [0.1, 0.15) is 27.4 Å². The molecule has 3 amide bonds. The van der Waals surface area contributed by atoms with Crippen molar-refractivity contribution in [2.24, 2.45) is 13.0 Å². The van der Waals surface area contributed by atoms with Crippen molar-refractivity contribution in [1.82, 2.24) is 29.1 Å². The molecule has 2 aromatic carbocycles. The number of quaternary nitrogens is 1. The Labute approximate surface area is 299 Å². The van der Waals surface area contributed by atoms with Gasteiger partial charge < -0.3 is 34.6 Å². The number of rotatable bonds is 9. The Morgan fingerprint density at radius 3 is 2.39 bits per heavy atom. The molecule has 0 saturated carbocycles. The van der Waals surface area contributed by atoms with Crippen LogP contribution in [0.2, 0.25) is 5.02 Å². The average molecular weight is 725 g/mol. The van der Waals surface area contributed by atoms with Gasteiger partial charge in [0.2, 0.25) is 5.91 Å². The molecule has 0 bridgehead atoms. The molecule has 2 aliphatic rings. The largest absolute Gasteiger partial charge is 0.383 e. The van der Waals surface area contributed by atoms with E-state index in [0.717, 1.165) is 24.0 Å². The first-order chi connectivity index (χ1) is 24.3. The molecule has 0 radical (unpaired) electrons. The molecule has 2 fully saturated rings. The minimum atomic E-state index is -1.14. The third-order valence-corrected chi connectivity index (χ3v) is 9.95. The van der Waals surface area contributed by atoms with Crippen molar-refractivity contribution in [3.63, 3.8) is 0 Å². The maximum Gasteiger partial charge on any atom is 0.291 e. The van der Waals surface area contributed by atoms with E-state index in [1.165, 1.54) is 60.1 Å². The van der Waals surface area contributed by atoms with Crippen LogP contribution in [0.15, 0.2) is 42.7 Å². The first-order valence-corrected chi connectivity index (χ1v) is 17.0. The number of amides is 3. The monoisotopic (exact) mass is 724 g/mol. The van der Waals surface area contributed by atoms with Crippen LogP contribution >= 0.6 is 11.6 Å². The standard InChI is InChI=1S/C35H40ClF2N9O4/c1-43-28(25-8-7-23(29(37)30(25)38)26-19-46(14-16-51-4)42-31(26)39)18-40-32(43)33(48)41-22-5-6-24(27(36)17-22)35(50)45-12-10-44(11-13-45)34(49)21-9-15-47(2,3)20-21/h5-8,17-19,21H,9-16,20H2,1-4H3,(H2-,39,41,42,48,50)/p+1. The zero-order valence-corrected chi connectivity index (χ0v) is 29.7. The second-order valence-corrected chi connectivity index (χ2v) is 14.0. The highest BCUT2D eigenvalue weighted by Crippen LogP contribution is 2.34. The lowest BCUT2D eigenvalue weighted by Gasteiger charge is -2.36. The zero-order chi connectivity index (χ0) is 36.6. The maximum atomic E-state index is 15.5. The van der Waals surface area contributed by atoms with Gasteiger partial charge in [-0.25, -0.2) is 13.8 Å². The fraction of sp³-hybridized carbons (Fsp3) is 0.400. The third kappa shape index (κ3) is 7.32. The van der Waals surface area contributed by atoms with Gasteiger partial charge in [-0.05, 0) is 24.3 Å². The number of ether oxygens (including phenoxy) is 1. The molecule has 1 atom stereocenters. The van der Waals surface area contributed by atoms with E-state index in [1.54, 1.807) is 11.0 Å². The number of imidazole rings is 1. The number of hydrogen-bond acceptors (Lipinski definition) is 7. The first kappa shape index (κ1) is 35.9. The number of hydrogen-bond donors (Lipinski definition) is 2. The maximum absolute atomic E-state index is 15.5. The van der Waals surface area contributed by atoms with Crippen molar-refractivity contribution in [3.05, 3.63) is 70.8 Å². The van der Waals surface area contributed by atoms with Crippen LogP contribution in [0.3, 0.4) is 0 Å². The van der Waals surface area contributed by atoms with Gasteiger partial charge in [0.05, 0.1) is 68.7 Å². The van der Waals surface area contributed by atoms with E-state index in [1.807, 2.05) is 4.90 Å². The summed E-state index contributed by atoms with van der Waals surface area (Å²) in [7, 11) is 7.31. The summed E-state index contributed by atoms with van der Waals surface area (Å²) in [5.41, 5.74) is 6.81. The molecule has 51 heavy (non-hydrogen) atoms. The van der Waals surface area contributed by atoms with Crippen LogP contribution in [0, 0.1) is 17.6 Å². The number of nitrogens with two attached hydrogens (primary N) is 1. The van der Waals surface area contributed by atoms with Gasteiger partial charge >= 0.3 is 0 Å². The molecule has 1 unspecified atom stereocenters. The zero-order valence-electron chi connectivity index (χ0n) is 29.0. The quantitative estimate of drug-likeness (QED) is 0.251. The second-order valence-electron chi connectivity index (χ2n) is 13.6. The summed E-state index contributed by atoms with van der Waals surface area (Å²) >= 11 is 6.52. The number of carbonyl (C=O) groups is 3. The Kier molecular flexibility index (Phi) is 10.2. The number of nitrogens with zero attached hydrogens (tertiary/aromatic N) is 7. The number of methoxy groups -OCH3 is 1. The number of nitrogen functional groups attached to an aromatic ring is 1. The number of piperazine rings is 1. The van der Waals surface area contributed by atoms with E-state index in [4.69, 9.17) is 22.1 Å². The van der Waals surface area contributed by atoms with E-state index >= 15 is 8.78 Å². The second kappa shape index (κ2) is 14.4. The first-order valence-electron chi connectivity index (χ1n) is 16.6. The number of anilines is 2. The van der Waals surface area contributed by atoms with Crippen molar-refractivity contribution in [1.29, 1.82) is 0 Å². The van der Waals surface area contributed by atoms with Crippen LogP contribution in [0.5, 0.6) is 0 Å². The van der Waals surface area contributed by atoms with E-state index in [9.17, 15) is 14.4 Å². The molecule has 2 aromatic heterocycles. The summed E-state index contributed by atoms with van der Waals surface area (Å²) in [5.74, 6) is -3.00. The van der Waals surface area contributed by atoms with Gasteiger partial charge in [0.1, 0.15) is 0 Å².